The van der Waals surface area contributed by atoms with Crippen LogP contribution in [0.25, 0.3) is 0 Å². The second-order valence-corrected chi connectivity index (χ2v) is 3.61. The van der Waals surface area contributed by atoms with Crippen molar-refractivity contribution in [1.29, 1.82) is 0 Å². The summed E-state index contributed by atoms with van der Waals surface area (Å²) in [7, 11) is 0. The minimum absolute atomic E-state index is 0.139. The molecular formula is C15H18O2. The molecule has 1 N–H and O–H groups in total. The van der Waals surface area contributed by atoms with Crippen LogP contribution in [-0.4, -0.2) is 24.4 Å². The van der Waals surface area contributed by atoms with Crippen molar-refractivity contribution >= 4 is 0 Å². The van der Waals surface area contributed by atoms with E-state index in [0.29, 0.717) is 13.0 Å². The SMILES string of the molecule is C=CCOC(C#Cc1ccccc1)CCCO. The van der Waals surface area contributed by atoms with Gasteiger partial charge in [0.2, 0.25) is 0 Å². The van der Waals surface area contributed by atoms with Crippen molar-refractivity contribution < 1.29 is 9.84 Å². The Bertz CT molecular complexity index is 373. The van der Waals surface area contributed by atoms with Crippen molar-refractivity contribution in [2.45, 2.75) is 18.9 Å². The largest absolute Gasteiger partial charge is 0.396 e. The van der Waals surface area contributed by atoms with Crippen LogP contribution in [0.2, 0.25) is 0 Å². The van der Waals surface area contributed by atoms with Crippen molar-refractivity contribution in [1.82, 2.24) is 0 Å². The van der Waals surface area contributed by atoms with E-state index in [0.717, 1.165) is 12.0 Å². The molecule has 17 heavy (non-hydrogen) atoms. The molecule has 0 spiro atoms. The molecule has 0 radical (unpaired) electrons. The maximum Gasteiger partial charge on any atom is 0.119 e. The van der Waals surface area contributed by atoms with E-state index in [1.54, 1.807) is 6.08 Å². The van der Waals surface area contributed by atoms with Crippen LogP contribution in [0.1, 0.15) is 18.4 Å². The number of ether oxygens (including phenoxy) is 1. The van der Waals surface area contributed by atoms with Gasteiger partial charge in [0, 0.05) is 12.2 Å². The fraction of sp³-hybridized carbons (Fsp3) is 0.333. The smallest absolute Gasteiger partial charge is 0.119 e. The van der Waals surface area contributed by atoms with E-state index >= 15 is 0 Å². The van der Waals surface area contributed by atoms with E-state index < -0.39 is 0 Å². The van der Waals surface area contributed by atoms with Crippen molar-refractivity contribution in [3.63, 3.8) is 0 Å². The highest BCUT2D eigenvalue weighted by molar-refractivity contribution is 5.34. The molecule has 0 heterocycles. The molecule has 2 heteroatoms. The number of rotatable bonds is 6. The average molecular weight is 230 g/mol. The Balaban J connectivity index is 2.58. The minimum Gasteiger partial charge on any atom is -0.396 e. The fourth-order valence-corrected chi connectivity index (χ4v) is 1.34. The van der Waals surface area contributed by atoms with Gasteiger partial charge in [0.1, 0.15) is 6.10 Å². The van der Waals surface area contributed by atoms with Gasteiger partial charge in [-0.3, -0.25) is 0 Å². The summed E-state index contributed by atoms with van der Waals surface area (Å²) in [6, 6.07) is 9.80. The Morgan fingerprint density at radius 2 is 2.12 bits per heavy atom. The lowest BCUT2D eigenvalue weighted by molar-refractivity contribution is 0.103. The number of hydrogen-bond donors (Lipinski definition) is 1. The Morgan fingerprint density at radius 3 is 2.76 bits per heavy atom. The van der Waals surface area contributed by atoms with Crippen LogP contribution in [-0.2, 0) is 4.74 Å². The Kier molecular flexibility index (Phi) is 6.81. The molecule has 90 valence electrons. The van der Waals surface area contributed by atoms with Gasteiger partial charge in [0.25, 0.3) is 0 Å². The fourth-order valence-electron chi connectivity index (χ4n) is 1.34. The summed E-state index contributed by atoms with van der Waals surface area (Å²) < 4.78 is 5.51. The zero-order valence-electron chi connectivity index (χ0n) is 9.93. The van der Waals surface area contributed by atoms with Crippen LogP contribution < -0.4 is 0 Å². The lowest BCUT2D eigenvalue weighted by Crippen LogP contribution is -2.11. The Labute approximate surface area is 103 Å². The van der Waals surface area contributed by atoms with Gasteiger partial charge in [-0.2, -0.15) is 0 Å². The predicted molar refractivity (Wildman–Crippen MR) is 69.6 cm³/mol. The highest BCUT2D eigenvalue weighted by Crippen LogP contribution is 2.02. The third kappa shape index (κ3) is 5.91. The first kappa shape index (κ1) is 13.5. The molecule has 0 aromatic heterocycles. The van der Waals surface area contributed by atoms with E-state index in [1.807, 2.05) is 30.3 Å². The Morgan fingerprint density at radius 1 is 1.35 bits per heavy atom. The monoisotopic (exact) mass is 230 g/mol. The van der Waals surface area contributed by atoms with E-state index in [1.165, 1.54) is 0 Å². The third-order valence-corrected chi connectivity index (χ3v) is 2.19. The first-order valence-electron chi connectivity index (χ1n) is 5.76. The summed E-state index contributed by atoms with van der Waals surface area (Å²) in [5, 5.41) is 8.80. The second-order valence-electron chi connectivity index (χ2n) is 3.61. The average Bonchev–Trinajstić information content (AvgIpc) is 2.39. The Hall–Kier alpha value is -1.56. The molecule has 1 unspecified atom stereocenters. The van der Waals surface area contributed by atoms with E-state index in [2.05, 4.69) is 18.4 Å². The highest BCUT2D eigenvalue weighted by Gasteiger charge is 2.03. The van der Waals surface area contributed by atoms with Gasteiger partial charge < -0.3 is 9.84 Å². The summed E-state index contributed by atoms with van der Waals surface area (Å²) in [6.07, 6.45) is 3.01. The molecule has 0 aliphatic rings. The van der Waals surface area contributed by atoms with Crippen LogP contribution in [0.15, 0.2) is 43.0 Å². The van der Waals surface area contributed by atoms with Crippen LogP contribution in [0, 0.1) is 11.8 Å². The molecule has 0 aliphatic carbocycles. The summed E-state index contributed by atoms with van der Waals surface area (Å²) >= 11 is 0. The second kappa shape index (κ2) is 8.58. The molecule has 1 aromatic rings. The molecule has 1 atom stereocenters. The van der Waals surface area contributed by atoms with E-state index in [9.17, 15) is 0 Å². The number of aliphatic hydroxyl groups is 1. The van der Waals surface area contributed by atoms with Gasteiger partial charge in [-0.25, -0.2) is 0 Å². The van der Waals surface area contributed by atoms with Gasteiger partial charge in [0.05, 0.1) is 6.61 Å². The number of aliphatic hydroxyl groups excluding tert-OH is 1. The molecular weight excluding hydrogens is 212 g/mol. The summed E-state index contributed by atoms with van der Waals surface area (Å²) in [4.78, 5) is 0. The van der Waals surface area contributed by atoms with Crippen molar-refractivity contribution in [2.24, 2.45) is 0 Å². The lowest BCUT2D eigenvalue weighted by Gasteiger charge is -2.09. The molecule has 1 aromatic carbocycles. The maximum absolute atomic E-state index is 8.80. The molecule has 2 nitrogen and oxygen atoms in total. The normalized spacial score (nSPS) is 11.4. The number of benzene rings is 1. The minimum atomic E-state index is -0.139. The van der Waals surface area contributed by atoms with Crippen LogP contribution >= 0.6 is 0 Å². The molecule has 0 amide bonds. The summed E-state index contributed by atoms with van der Waals surface area (Å²) in [5.41, 5.74) is 0.976. The van der Waals surface area contributed by atoms with Crippen LogP contribution in [0.3, 0.4) is 0 Å². The van der Waals surface area contributed by atoms with Crippen molar-refractivity contribution in [3.05, 3.63) is 48.6 Å². The van der Waals surface area contributed by atoms with E-state index in [-0.39, 0.29) is 12.7 Å². The molecule has 1 rings (SSSR count). The first-order chi connectivity index (χ1) is 8.36. The summed E-state index contributed by atoms with van der Waals surface area (Å²) in [5.74, 6) is 6.15. The summed E-state index contributed by atoms with van der Waals surface area (Å²) in [6.45, 7) is 4.26. The standard InChI is InChI=1S/C15H18O2/c1-2-13-17-15(9-6-12-16)11-10-14-7-4-3-5-8-14/h2-5,7-8,15-16H,1,6,9,12-13H2. The molecule has 0 saturated heterocycles. The van der Waals surface area contributed by atoms with Gasteiger partial charge in [0.15, 0.2) is 0 Å². The predicted octanol–water partition coefficient (Wildman–Crippen LogP) is 2.38. The van der Waals surface area contributed by atoms with Crippen molar-refractivity contribution in [2.75, 3.05) is 13.2 Å². The van der Waals surface area contributed by atoms with Crippen molar-refractivity contribution in [3.8, 4) is 11.8 Å². The molecule has 0 fully saturated rings. The molecule has 0 aliphatic heterocycles. The maximum atomic E-state index is 8.80. The third-order valence-electron chi connectivity index (χ3n) is 2.19. The topological polar surface area (TPSA) is 29.5 Å². The van der Waals surface area contributed by atoms with Gasteiger partial charge in [-0.1, -0.05) is 36.1 Å². The van der Waals surface area contributed by atoms with Crippen LogP contribution in [0.4, 0.5) is 0 Å². The zero-order chi connectivity index (χ0) is 12.3. The van der Waals surface area contributed by atoms with Gasteiger partial charge in [-0.15, -0.1) is 6.58 Å². The molecule has 0 bridgehead atoms. The van der Waals surface area contributed by atoms with E-state index in [4.69, 9.17) is 9.84 Å². The molecule has 0 saturated carbocycles. The van der Waals surface area contributed by atoms with Gasteiger partial charge in [-0.05, 0) is 25.0 Å². The number of hydrogen-bond acceptors (Lipinski definition) is 2. The van der Waals surface area contributed by atoms with Crippen LogP contribution in [0.5, 0.6) is 0 Å². The highest BCUT2D eigenvalue weighted by atomic mass is 16.5. The van der Waals surface area contributed by atoms with Gasteiger partial charge >= 0.3 is 0 Å². The first-order valence-corrected chi connectivity index (χ1v) is 5.76. The quantitative estimate of drug-likeness (QED) is 0.600. The lowest BCUT2D eigenvalue weighted by atomic mass is 10.1. The zero-order valence-corrected chi connectivity index (χ0v) is 9.93.